The van der Waals surface area contributed by atoms with Crippen LogP contribution in [0.3, 0.4) is 0 Å². The van der Waals surface area contributed by atoms with Gasteiger partial charge >= 0.3 is 0 Å². The number of carbonyl (C=O) groups is 1. The van der Waals surface area contributed by atoms with Crippen LogP contribution in [0, 0.1) is 11.8 Å². The molecule has 0 aromatic carbocycles. The van der Waals surface area contributed by atoms with Crippen LogP contribution in [0.15, 0.2) is 0 Å². The van der Waals surface area contributed by atoms with Crippen LogP contribution >= 0.6 is 0 Å². The van der Waals surface area contributed by atoms with Gasteiger partial charge in [0.25, 0.3) is 0 Å². The first-order valence-corrected chi connectivity index (χ1v) is 5.93. The second-order valence-corrected chi connectivity index (χ2v) is 4.74. The third-order valence-corrected chi connectivity index (χ3v) is 3.22. The number of nitrogens with zero attached hydrogens (tertiary/aromatic N) is 1. The molecule has 1 unspecified atom stereocenters. The van der Waals surface area contributed by atoms with Crippen molar-refractivity contribution in [3.8, 4) is 0 Å². The summed E-state index contributed by atoms with van der Waals surface area (Å²) in [4.78, 5) is 13.8. The van der Waals surface area contributed by atoms with E-state index in [-0.39, 0.29) is 0 Å². The minimum atomic E-state index is 0.359. The molecule has 1 atom stereocenters. The summed E-state index contributed by atoms with van der Waals surface area (Å²) in [6, 6.07) is 0. The van der Waals surface area contributed by atoms with Gasteiger partial charge in [-0.2, -0.15) is 0 Å². The van der Waals surface area contributed by atoms with Crippen molar-refractivity contribution in [1.29, 1.82) is 0 Å². The summed E-state index contributed by atoms with van der Waals surface area (Å²) in [6.45, 7) is 8.58. The van der Waals surface area contributed by atoms with Gasteiger partial charge in [-0.05, 0) is 31.1 Å². The van der Waals surface area contributed by atoms with Crippen LogP contribution in [0.2, 0.25) is 0 Å². The second-order valence-electron chi connectivity index (χ2n) is 4.74. The topological polar surface area (TPSA) is 20.3 Å². The molecule has 0 spiro atoms. The first kappa shape index (κ1) is 11.5. The lowest BCUT2D eigenvalue weighted by atomic mass is 9.88. The van der Waals surface area contributed by atoms with E-state index in [1.807, 2.05) is 0 Å². The lowest BCUT2D eigenvalue weighted by Crippen LogP contribution is -2.41. The van der Waals surface area contributed by atoms with Crippen LogP contribution in [0.5, 0.6) is 0 Å². The van der Waals surface area contributed by atoms with Gasteiger partial charge in [0.05, 0.1) is 0 Å². The van der Waals surface area contributed by atoms with Crippen LogP contribution in [-0.4, -0.2) is 23.9 Å². The van der Waals surface area contributed by atoms with Gasteiger partial charge < -0.3 is 4.90 Å². The molecule has 2 nitrogen and oxygen atoms in total. The van der Waals surface area contributed by atoms with E-state index in [1.54, 1.807) is 0 Å². The van der Waals surface area contributed by atoms with E-state index < -0.39 is 0 Å². The number of rotatable bonds is 3. The summed E-state index contributed by atoms with van der Waals surface area (Å²) in [5.74, 6) is 1.80. The number of carbonyl (C=O) groups excluding carboxylic acids is 1. The second kappa shape index (κ2) is 5.38. The van der Waals surface area contributed by atoms with Crippen molar-refractivity contribution in [3.05, 3.63) is 0 Å². The predicted molar refractivity (Wildman–Crippen MR) is 59.1 cm³/mol. The first-order chi connectivity index (χ1) is 6.65. The van der Waals surface area contributed by atoms with Crippen LogP contribution < -0.4 is 0 Å². The molecule has 14 heavy (non-hydrogen) atoms. The van der Waals surface area contributed by atoms with E-state index in [0.717, 1.165) is 31.8 Å². The molecule has 1 aliphatic heterocycles. The van der Waals surface area contributed by atoms with Crippen molar-refractivity contribution in [1.82, 2.24) is 4.90 Å². The fourth-order valence-electron chi connectivity index (χ4n) is 2.15. The van der Waals surface area contributed by atoms with Crippen LogP contribution in [0.1, 0.15) is 46.5 Å². The lowest BCUT2D eigenvalue weighted by molar-refractivity contribution is -0.133. The van der Waals surface area contributed by atoms with Gasteiger partial charge in [-0.25, -0.2) is 0 Å². The van der Waals surface area contributed by atoms with Gasteiger partial charge in [-0.1, -0.05) is 20.8 Å². The van der Waals surface area contributed by atoms with E-state index >= 15 is 0 Å². The minimum absolute atomic E-state index is 0.359. The van der Waals surface area contributed by atoms with Crippen molar-refractivity contribution < 1.29 is 4.79 Å². The molecule has 1 rings (SSSR count). The maximum atomic E-state index is 11.7. The highest BCUT2D eigenvalue weighted by Crippen LogP contribution is 2.23. The Balaban J connectivity index is 2.43. The third-order valence-electron chi connectivity index (χ3n) is 3.22. The van der Waals surface area contributed by atoms with Crippen molar-refractivity contribution in [3.63, 3.8) is 0 Å². The Hall–Kier alpha value is -0.530. The van der Waals surface area contributed by atoms with Crippen molar-refractivity contribution in [2.24, 2.45) is 11.8 Å². The van der Waals surface area contributed by atoms with E-state index in [4.69, 9.17) is 0 Å². The number of hydrogen-bond donors (Lipinski definition) is 0. The summed E-state index contributed by atoms with van der Waals surface area (Å²) in [5.41, 5.74) is 0. The zero-order chi connectivity index (χ0) is 10.6. The molecule has 1 fully saturated rings. The van der Waals surface area contributed by atoms with Gasteiger partial charge in [0.2, 0.25) is 5.91 Å². The molecular formula is C12H23NO. The average molecular weight is 197 g/mol. The van der Waals surface area contributed by atoms with E-state index in [2.05, 4.69) is 25.7 Å². The number of hydrogen-bond acceptors (Lipinski definition) is 1. The Morgan fingerprint density at radius 3 is 2.79 bits per heavy atom. The Morgan fingerprint density at radius 1 is 1.50 bits per heavy atom. The maximum absolute atomic E-state index is 11.7. The largest absolute Gasteiger partial charge is 0.342 e. The summed E-state index contributed by atoms with van der Waals surface area (Å²) < 4.78 is 0. The van der Waals surface area contributed by atoms with E-state index in [1.165, 1.54) is 12.8 Å². The van der Waals surface area contributed by atoms with E-state index in [0.29, 0.717) is 11.8 Å². The summed E-state index contributed by atoms with van der Waals surface area (Å²) >= 11 is 0. The Labute approximate surface area is 87.7 Å². The fourth-order valence-corrected chi connectivity index (χ4v) is 2.15. The highest BCUT2D eigenvalue weighted by atomic mass is 16.2. The van der Waals surface area contributed by atoms with Gasteiger partial charge in [-0.15, -0.1) is 0 Å². The molecule has 1 aliphatic rings. The van der Waals surface area contributed by atoms with Gasteiger partial charge in [0, 0.05) is 19.5 Å². The average Bonchev–Trinajstić information content (AvgIpc) is 2.18. The molecule has 0 bridgehead atoms. The van der Waals surface area contributed by atoms with E-state index in [9.17, 15) is 4.79 Å². The molecule has 82 valence electrons. The van der Waals surface area contributed by atoms with Crippen LogP contribution in [0.25, 0.3) is 0 Å². The summed E-state index contributed by atoms with van der Waals surface area (Å²) in [7, 11) is 0. The molecule has 0 radical (unpaired) electrons. The van der Waals surface area contributed by atoms with Crippen LogP contribution in [-0.2, 0) is 4.79 Å². The number of likely N-dealkylation sites (tertiary alicyclic amines) is 1. The normalized spacial score (nSPS) is 22.9. The molecule has 0 N–H and O–H groups in total. The standard InChI is InChI=1S/C12H23NO/c1-4-6-12(14)13-8-5-7-11(9-13)10(2)3/h10-11H,4-9H2,1-3H3. The highest BCUT2D eigenvalue weighted by Gasteiger charge is 2.24. The van der Waals surface area contributed by atoms with Crippen molar-refractivity contribution >= 4 is 5.91 Å². The Kier molecular flexibility index (Phi) is 4.43. The van der Waals surface area contributed by atoms with Crippen molar-refractivity contribution in [2.75, 3.05) is 13.1 Å². The van der Waals surface area contributed by atoms with Gasteiger partial charge in [0.15, 0.2) is 0 Å². The molecule has 0 aromatic rings. The van der Waals surface area contributed by atoms with Crippen molar-refractivity contribution in [2.45, 2.75) is 46.5 Å². The molecule has 1 saturated heterocycles. The highest BCUT2D eigenvalue weighted by molar-refractivity contribution is 5.76. The zero-order valence-electron chi connectivity index (χ0n) is 9.75. The Morgan fingerprint density at radius 2 is 2.21 bits per heavy atom. The Bertz CT molecular complexity index is 189. The molecule has 0 aromatic heterocycles. The smallest absolute Gasteiger partial charge is 0.222 e. The lowest BCUT2D eigenvalue weighted by Gasteiger charge is -2.34. The molecule has 0 aliphatic carbocycles. The molecular weight excluding hydrogens is 174 g/mol. The molecule has 1 heterocycles. The molecule has 1 amide bonds. The molecule has 0 saturated carbocycles. The minimum Gasteiger partial charge on any atom is -0.342 e. The number of piperidine rings is 1. The monoisotopic (exact) mass is 197 g/mol. The SMILES string of the molecule is CCCC(=O)N1CCCC(C(C)C)C1. The quantitative estimate of drug-likeness (QED) is 0.681. The van der Waals surface area contributed by atoms with Gasteiger partial charge in [-0.3, -0.25) is 4.79 Å². The third kappa shape index (κ3) is 3.00. The first-order valence-electron chi connectivity index (χ1n) is 5.93. The summed E-state index contributed by atoms with van der Waals surface area (Å²) in [5, 5.41) is 0. The van der Waals surface area contributed by atoms with Crippen LogP contribution in [0.4, 0.5) is 0 Å². The molecule has 2 heteroatoms. The fraction of sp³-hybridized carbons (Fsp3) is 0.917. The maximum Gasteiger partial charge on any atom is 0.222 e. The zero-order valence-corrected chi connectivity index (χ0v) is 9.75. The number of amides is 1. The predicted octanol–water partition coefficient (Wildman–Crippen LogP) is 2.68. The summed E-state index contributed by atoms with van der Waals surface area (Å²) in [6.07, 6.45) is 4.19. The van der Waals surface area contributed by atoms with Gasteiger partial charge in [0.1, 0.15) is 0 Å².